The van der Waals surface area contributed by atoms with E-state index >= 15 is 0 Å². The molecule has 7 nitrogen and oxygen atoms in total. The molecule has 0 unspecified atom stereocenters. The summed E-state index contributed by atoms with van der Waals surface area (Å²) < 4.78 is 6.84. The molecule has 0 bridgehead atoms. The van der Waals surface area contributed by atoms with Crippen molar-refractivity contribution in [2.24, 2.45) is 7.05 Å². The van der Waals surface area contributed by atoms with Crippen molar-refractivity contribution in [3.8, 4) is 0 Å². The molecule has 1 fully saturated rings. The molecule has 0 atom stereocenters. The molecule has 1 N–H and O–H groups in total. The van der Waals surface area contributed by atoms with E-state index in [1.807, 2.05) is 0 Å². The van der Waals surface area contributed by atoms with Crippen LogP contribution in [0.15, 0.2) is 15.5 Å². The number of aromatic nitrogens is 2. The predicted octanol–water partition coefficient (Wildman–Crippen LogP) is 2.22. The van der Waals surface area contributed by atoms with Gasteiger partial charge in [0.1, 0.15) is 17.5 Å². The number of carbonyl (C=O) groups is 1. The van der Waals surface area contributed by atoms with E-state index in [0.29, 0.717) is 23.9 Å². The lowest BCUT2D eigenvalue weighted by atomic mass is 9.94. The first-order chi connectivity index (χ1) is 12.5. The lowest BCUT2D eigenvalue weighted by Gasteiger charge is -2.31. The third kappa shape index (κ3) is 3.82. The molecule has 1 aliphatic carbocycles. The molecule has 0 saturated heterocycles. The molecule has 0 spiro atoms. The molecule has 1 aliphatic rings. The van der Waals surface area contributed by atoms with E-state index in [1.165, 1.54) is 43.0 Å². The van der Waals surface area contributed by atoms with E-state index in [1.54, 1.807) is 14.0 Å². The number of carbonyl (C=O) groups excluding carboxylic acids is 1. The van der Waals surface area contributed by atoms with Crippen molar-refractivity contribution in [3.05, 3.63) is 28.0 Å². The third-order valence-corrected chi connectivity index (χ3v) is 5.35. The zero-order chi connectivity index (χ0) is 18.7. The highest BCUT2D eigenvalue weighted by Crippen LogP contribution is 2.22. The highest BCUT2D eigenvalue weighted by molar-refractivity contribution is 6.06. The molecule has 1 saturated carbocycles. The summed E-state index contributed by atoms with van der Waals surface area (Å²) in [7, 11) is 3.78. The highest BCUT2D eigenvalue weighted by atomic mass is 16.3. The van der Waals surface area contributed by atoms with Gasteiger partial charge in [0.15, 0.2) is 0 Å². The molecule has 3 rings (SSSR count). The minimum Gasteiger partial charge on any atom is -0.442 e. The van der Waals surface area contributed by atoms with Crippen LogP contribution in [0, 0.1) is 6.92 Å². The van der Waals surface area contributed by atoms with Crippen molar-refractivity contribution in [3.63, 3.8) is 0 Å². The van der Waals surface area contributed by atoms with Crippen molar-refractivity contribution >= 4 is 17.0 Å². The van der Waals surface area contributed by atoms with Gasteiger partial charge in [-0.2, -0.15) is 0 Å². The van der Waals surface area contributed by atoms with Gasteiger partial charge in [-0.05, 0) is 39.8 Å². The Morgan fingerprint density at radius 3 is 2.85 bits per heavy atom. The van der Waals surface area contributed by atoms with Crippen LogP contribution < -0.4 is 10.9 Å². The normalized spacial score (nSPS) is 15.7. The van der Waals surface area contributed by atoms with Gasteiger partial charge < -0.3 is 19.2 Å². The van der Waals surface area contributed by atoms with Gasteiger partial charge in [0.2, 0.25) is 5.71 Å². The summed E-state index contributed by atoms with van der Waals surface area (Å²) in [6.45, 7) is 3.22. The molecular weight excluding hydrogens is 332 g/mol. The van der Waals surface area contributed by atoms with Gasteiger partial charge in [-0.15, -0.1) is 0 Å². The monoisotopic (exact) mass is 360 g/mol. The van der Waals surface area contributed by atoms with Gasteiger partial charge in [0.05, 0.1) is 5.56 Å². The molecule has 1 amide bonds. The minimum absolute atomic E-state index is 0.216. The van der Waals surface area contributed by atoms with E-state index < -0.39 is 0 Å². The molecule has 0 radical (unpaired) electrons. The SMILES string of the molecule is Cc1oc2ncn(C)c(=O)c2c1C(=O)NCCCN(C)C1CCCCC1. The van der Waals surface area contributed by atoms with Crippen molar-refractivity contribution in [1.29, 1.82) is 0 Å². The number of hydrogen-bond donors (Lipinski definition) is 1. The number of amides is 1. The lowest BCUT2D eigenvalue weighted by molar-refractivity contribution is 0.0950. The summed E-state index contributed by atoms with van der Waals surface area (Å²) >= 11 is 0. The smallest absolute Gasteiger partial charge is 0.265 e. The van der Waals surface area contributed by atoms with Gasteiger partial charge in [-0.1, -0.05) is 19.3 Å². The zero-order valence-corrected chi connectivity index (χ0v) is 15.9. The molecule has 2 heterocycles. The number of nitrogens with zero attached hydrogens (tertiary/aromatic N) is 3. The van der Waals surface area contributed by atoms with Crippen LogP contribution in [0.3, 0.4) is 0 Å². The molecule has 2 aromatic rings. The number of fused-ring (bicyclic) bond motifs is 1. The van der Waals surface area contributed by atoms with E-state index in [-0.39, 0.29) is 22.6 Å². The Balaban J connectivity index is 1.59. The molecule has 142 valence electrons. The fourth-order valence-electron chi connectivity index (χ4n) is 3.78. The second-order valence-electron chi connectivity index (χ2n) is 7.26. The Hall–Kier alpha value is -2.15. The fraction of sp³-hybridized carbons (Fsp3) is 0.632. The van der Waals surface area contributed by atoms with Crippen LogP contribution in [0.1, 0.15) is 54.6 Å². The van der Waals surface area contributed by atoms with E-state index in [2.05, 4.69) is 22.2 Å². The first-order valence-corrected chi connectivity index (χ1v) is 9.42. The fourth-order valence-corrected chi connectivity index (χ4v) is 3.78. The quantitative estimate of drug-likeness (QED) is 0.799. The average molecular weight is 360 g/mol. The number of aryl methyl sites for hydroxylation is 2. The maximum absolute atomic E-state index is 12.6. The Morgan fingerprint density at radius 1 is 1.38 bits per heavy atom. The van der Waals surface area contributed by atoms with Crippen LogP contribution in [-0.4, -0.2) is 46.5 Å². The van der Waals surface area contributed by atoms with E-state index in [0.717, 1.165) is 13.0 Å². The minimum atomic E-state index is -0.272. The van der Waals surface area contributed by atoms with Crippen molar-refractivity contribution in [2.75, 3.05) is 20.1 Å². The second-order valence-corrected chi connectivity index (χ2v) is 7.26. The van der Waals surface area contributed by atoms with Gasteiger partial charge >= 0.3 is 0 Å². The van der Waals surface area contributed by atoms with Gasteiger partial charge in [0, 0.05) is 19.6 Å². The van der Waals surface area contributed by atoms with Crippen molar-refractivity contribution in [2.45, 2.75) is 51.5 Å². The van der Waals surface area contributed by atoms with Crippen LogP contribution in [0.2, 0.25) is 0 Å². The first-order valence-electron chi connectivity index (χ1n) is 9.42. The van der Waals surface area contributed by atoms with Crippen LogP contribution in [0.5, 0.6) is 0 Å². The number of hydrogen-bond acceptors (Lipinski definition) is 5. The standard InChI is InChI=1S/C19H28N4O3/c1-13-15(16-18(26-13)21-12-23(3)19(16)25)17(24)20-10-7-11-22(2)14-8-5-4-6-9-14/h12,14H,4-11H2,1-3H3,(H,20,24). The van der Waals surface area contributed by atoms with Crippen LogP contribution in [-0.2, 0) is 7.05 Å². The third-order valence-electron chi connectivity index (χ3n) is 5.35. The lowest BCUT2D eigenvalue weighted by Crippen LogP contribution is -2.36. The molecule has 0 aliphatic heterocycles. The zero-order valence-electron chi connectivity index (χ0n) is 15.9. The maximum Gasteiger partial charge on any atom is 0.265 e. The van der Waals surface area contributed by atoms with Crippen LogP contribution in [0.4, 0.5) is 0 Å². The molecule has 7 heteroatoms. The van der Waals surface area contributed by atoms with Crippen LogP contribution in [0.25, 0.3) is 11.1 Å². The number of rotatable bonds is 6. The van der Waals surface area contributed by atoms with Gasteiger partial charge in [-0.25, -0.2) is 4.98 Å². The summed E-state index contributed by atoms with van der Waals surface area (Å²) in [6, 6.07) is 0.675. The maximum atomic E-state index is 12.6. The van der Waals surface area contributed by atoms with Gasteiger partial charge in [-0.3, -0.25) is 9.59 Å². The average Bonchev–Trinajstić information content (AvgIpc) is 2.99. The number of nitrogens with one attached hydrogen (secondary N) is 1. The summed E-state index contributed by atoms with van der Waals surface area (Å²) in [4.78, 5) is 31.4. The van der Waals surface area contributed by atoms with Gasteiger partial charge in [0.25, 0.3) is 11.5 Å². The Morgan fingerprint density at radius 2 is 2.12 bits per heavy atom. The topological polar surface area (TPSA) is 80.4 Å². The predicted molar refractivity (Wildman–Crippen MR) is 100 cm³/mol. The molecule has 26 heavy (non-hydrogen) atoms. The summed E-state index contributed by atoms with van der Waals surface area (Å²) in [5.74, 6) is 0.152. The summed E-state index contributed by atoms with van der Waals surface area (Å²) in [5.41, 5.74) is 0.246. The molecular formula is C19H28N4O3. The highest BCUT2D eigenvalue weighted by Gasteiger charge is 2.22. The molecule has 0 aromatic carbocycles. The molecule has 2 aromatic heterocycles. The number of furan rings is 1. The Bertz CT molecular complexity index is 833. The van der Waals surface area contributed by atoms with E-state index in [4.69, 9.17) is 4.42 Å². The van der Waals surface area contributed by atoms with E-state index in [9.17, 15) is 9.59 Å². The first kappa shape index (κ1) is 18.6. The van der Waals surface area contributed by atoms with Crippen molar-refractivity contribution < 1.29 is 9.21 Å². The van der Waals surface area contributed by atoms with Crippen LogP contribution >= 0.6 is 0 Å². The second kappa shape index (κ2) is 8.03. The summed E-state index contributed by atoms with van der Waals surface area (Å²) in [5, 5.41) is 3.18. The van der Waals surface area contributed by atoms with Crippen molar-refractivity contribution in [1.82, 2.24) is 19.8 Å². The largest absolute Gasteiger partial charge is 0.442 e. The Kier molecular flexibility index (Phi) is 5.76. The Labute approximate surface area is 153 Å². The summed E-state index contributed by atoms with van der Waals surface area (Å²) in [6.07, 6.45) is 8.83.